The van der Waals surface area contributed by atoms with Gasteiger partial charge in [0.1, 0.15) is 0 Å². The summed E-state index contributed by atoms with van der Waals surface area (Å²) in [6.45, 7) is 6.29. The number of oxazole rings is 1. The van der Waals surface area contributed by atoms with Gasteiger partial charge in [0.2, 0.25) is 5.89 Å². The van der Waals surface area contributed by atoms with Crippen LogP contribution in [0.25, 0.3) is 11.3 Å². The summed E-state index contributed by atoms with van der Waals surface area (Å²) in [4.78, 5) is 10.9. The van der Waals surface area contributed by atoms with E-state index in [1.54, 1.807) is 0 Å². The second kappa shape index (κ2) is 7.95. The van der Waals surface area contributed by atoms with Crippen molar-refractivity contribution in [2.75, 3.05) is 26.2 Å². The Balaban J connectivity index is 1.33. The minimum absolute atomic E-state index is 0.791. The fourth-order valence-corrected chi connectivity index (χ4v) is 4.02. The van der Waals surface area contributed by atoms with Crippen LogP contribution in [0.1, 0.15) is 17.2 Å². The first-order chi connectivity index (χ1) is 12.4. The third kappa shape index (κ3) is 4.37. The van der Waals surface area contributed by atoms with Crippen molar-refractivity contribution < 1.29 is 4.42 Å². The summed E-state index contributed by atoms with van der Waals surface area (Å²) < 4.78 is 5.96. The molecule has 0 atom stereocenters. The average Bonchev–Trinajstić information content (AvgIpc) is 3.27. The van der Waals surface area contributed by atoms with Crippen molar-refractivity contribution in [2.45, 2.75) is 19.5 Å². The largest absolute Gasteiger partial charge is 0.439 e. The standard InChI is InChI=1S/C20H23N3OS/c1-2-6-17(7-3-1)19-14-21-20(24-19)16-23-10-5-9-22(11-12-23)15-18-8-4-13-25-18/h1-4,6-8,13-14H,5,9-12,15-16H2. The predicted octanol–water partition coefficient (Wildman–Crippen LogP) is 4.11. The highest BCUT2D eigenvalue weighted by molar-refractivity contribution is 7.09. The SMILES string of the molecule is c1ccc(-c2cnc(CN3CCCN(Cc4cccs4)CC3)o2)cc1. The molecule has 1 aliphatic heterocycles. The highest BCUT2D eigenvalue weighted by Crippen LogP contribution is 2.21. The molecule has 0 unspecified atom stereocenters. The van der Waals surface area contributed by atoms with Crippen molar-refractivity contribution in [1.82, 2.24) is 14.8 Å². The zero-order chi connectivity index (χ0) is 16.9. The number of benzene rings is 1. The highest BCUT2D eigenvalue weighted by atomic mass is 32.1. The van der Waals surface area contributed by atoms with Crippen LogP contribution in [0.3, 0.4) is 0 Å². The molecule has 25 heavy (non-hydrogen) atoms. The van der Waals surface area contributed by atoms with Crippen LogP contribution in [-0.4, -0.2) is 41.0 Å². The van der Waals surface area contributed by atoms with Gasteiger partial charge in [-0.3, -0.25) is 9.80 Å². The van der Waals surface area contributed by atoms with E-state index < -0.39 is 0 Å². The molecule has 0 spiro atoms. The first kappa shape index (κ1) is 16.5. The Morgan fingerprint density at radius 2 is 1.72 bits per heavy atom. The van der Waals surface area contributed by atoms with Gasteiger partial charge in [0.25, 0.3) is 0 Å². The lowest BCUT2D eigenvalue weighted by molar-refractivity contribution is 0.232. The molecule has 4 rings (SSSR count). The summed E-state index contributed by atoms with van der Waals surface area (Å²) in [6, 6.07) is 14.5. The second-order valence-electron chi connectivity index (χ2n) is 6.47. The topological polar surface area (TPSA) is 32.5 Å². The van der Waals surface area contributed by atoms with E-state index in [-0.39, 0.29) is 0 Å². The van der Waals surface area contributed by atoms with Crippen LogP contribution in [0.5, 0.6) is 0 Å². The Kier molecular flexibility index (Phi) is 5.25. The smallest absolute Gasteiger partial charge is 0.209 e. The summed E-state index contributed by atoms with van der Waals surface area (Å²) in [7, 11) is 0. The van der Waals surface area contributed by atoms with E-state index in [2.05, 4.69) is 44.4 Å². The zero-order valence-corrected chi connectivity index (χ0v) is 15.1. The van der Waals surface area contributed by atoms with E-state index in [4.69, 9.17) is 4.42 Å². The summed E-state index contributed by atoms with van der Waals surface area (Å²) in [5.74, 6) is 1.66. The fourth-order valence-electron chi connectivity index (χ4n) is 3.27. The predicted molar refractivity (Wildman–Crippen MR) is 101 cm³/mol. The molecule has 1 aromatic carbocycles. The molecular formula is C20H23N3OS. The van der Waals surface area contributed by atoms with Crippen molar-refractivity contribution in [3.05, 3.63) is 64.8 Å². The summed E-state index contributed by atoms with van der Waals surface area (Å²) in [5.41, 5.74) is 1.08. The van der Waals surface area contributed by atoms with Crippen LogP contribution in [0.4, 0.5) is 0 Å². The Labute approximate surface area is 152 Å². The summed E-state index contributed by atoms with van der Waals surface area (Å²) in [5, 5.41) is 2.16. The lowest BCUT2D eigenvalue weighted by atomic mass is 10.2. The van der Waals surface area contributed by atoms with Gasteiger partial charge in [-0.15, -0.1) is 11.3 Å². The highest BCUT2D eigenvalue weighted by Gasteiger charge is 2.17. The maximum Gasteiger partial charge on any atom is 0.209 e. The molecule has 5 heteroatoms. The van der Waals surface area contributed by atoms with Gasteiger partial charge in [0, 0.05) is 30.1 Å². The van der Waals surface area contributed by atoms with Gasteiger partial charge >= 0.3 is 0 Å². The van der Waals surface area contributed by atoms with E-state index in [0.29, 0.717) is 0 Å². The lowest BCUT2D eigenvalue weighted by Crippen LogP contribution is -2.30. The third-order valence-corrected chi connectivity index (χ3v) is 5.47. The first-order valence-electron chi connectivity index (χ1n) is 8.84. The Morgan fingerprint density at radius 1 is 0.920 bits per heavy atom. The zero-order valence-electron chi connectivity index (χ0n) is 14.3. The second-order valence-corrected chi connectivity index (χ2v) is 7.50. The van der Waals surface area contributed by atoms with E-state index in [1.807, 2.05) is 35.7 Å². The molecular weight excluding hydrogens is 330 g/mol. The van der Waals surface area contributed by atoms with E-state index in [9.17, 15) is 0 Å². The number of nitrogens with zero attached hydrogens (tertiary/aromatic N) is 3. The molecule has 0 bridgehead atoms. The fraction of sp³-hybridized carbons (Fsp3) is 0.350. The number of hydrogen-bond donors (Lipinski definition) is 0. The first-order valence-corrected chi connectivity index (χ1v) is 9.72. The van der Waals surface area contributed by atoms with Crippen molar-refractivity contribution in [1.29, 1.82) is 0 Å². The van der Waals surface area contributed by atoms with Crippen LogP contribution < -0.4 is 0 Å². The van der Waals surface area contributed by atoms with Gasteiger partial charge < -0.3 is 4.42 Å². The summed E-state index contributed by atoms with van der Waals surface area (Å²) in [6.07, 6.45) is 3.03. The van der Waals surface area contributed by atoms with Crippen LogP contribution >= 0.6 is 11.3 Å². The van der Waals surface area contributed by atoms with Crippen LogP contribution in [-0.2, 0) is 13.1 Å². The quantitative estimate of drug-likeness (QED) is 0.691. The van der Waals surface area contributed by atoms with E-state index in [1.165, 1.54) is 11.3 Å². The minimum Gasteiger partial charge on any atom is -0.439 e. The van der Waals surface area contributed by atoms with E-state index in [0.717, 1.165) is 56.5 Å². The van der Waals surface area contributed by atoms with Crippen molar-refractivity contribution in [3.8, 4) is 11.3 Å². The number of rotatable bonds is 5. The Bertz CT molecular complexity index is 769. The molecule has 1 fully saturated rings. The molecule has 0 amide bonds. The normalized spacial score (nSPS) is 16.8. The lowest BCUT2D eigenvalue weighted by Gasteiger charge is -2.20. The number of hydrogen-bond acceptors (Lipinski definition) is 5. The molecule has 1 aliphatic rings. The Hall–Kier alpha value is -1.95. The Morgan fingerprint density at radius 3 is 2.48 bits per heavy atom. The average molecular weight is 353 g/mol. The van der Waals surface area contributed by atoms with Crippen molar-refractivity contribution >= 4 is 11.3 Å². The molecule has 0 radical (unpaired) electrons. The molecule has 1 saturated heterocycles. The van der Waals surface area contributed by atoms with Crippen LogP contribution in [0.15, 0.2) is 58.5 Å². The maximum absolute atomic E-state index is 5.96. The van der Waals surface area contributed by atoms with Gasteiger partial charge in [-0.1, -0.05) is 36.4 Å². The molecule has 2 aromatic heterocycles. The van der Waals surface area contributed by atoms with Gasteiger partial charge in [-0.05, 0) is 31.0 Å². The van der Waals surface area contributed by atoms with Gasteiger partial charge in [-0.25, -0.2) is 4.98 Å². The number of aromatic nitrogens is 1. The minimum atomic E-state index is 0.791. The molecule has 4 nitrogen and oxygen atoms in total. The van der Waals surface area contributed by atoms with Gasteiger partial charge in [-0.2, -0.15) is 0 Å². The molecule has 0 saturated carbocycles. The van der Waals surface area contributed by atoms with Gasteiger partial charge in [0.05, 0.1) is 12.7 Å². The third-order valence-electron chi connectivity index (χ3n) is 4.61. The van der Waals surface area contributed by atoms with Crippen LogP contribution in [0, 0.1) is 0 Å². The van der Waals surface area contributed by atoms with Crippen LogP contribution in [0.2, 0.25) is 0 Å². The number of thiophene rings is 1. The molecule has 3 aromatic rings. The molecule has 130 valence electrons. The monoisotopic (exact) mass is 353 g/mol. The molecule has 0 aliphatic carbocycles. The molecule has 3 heterocycles. The molecule has 0 N–H and O–H groups in total. The van der Waals surface area contributed by atoms with Gasteiger partial charge in [0.15, 0.2) is 5.76 Å². The van der Waals surface area contributed by atoms with E-state index >= 15 is 0 Å². The van der Waals surface area contributed by atoms with Crippen molar-refractivity contribution in [2.24, 2.45) is 0 Å². The van der Waals surface area contributed by atoms with Crippen molar-refractivity contribution in [3.63, 3.8) is 0 Å². The maximum atomic E-state index is 5.96. The summed E-state index contributed by atoms with van der Waals surface area (Å²) >= 11 is 1.85.